The number of carbonyl (C=O) groups excluding carboxylic acids is 1. The highest BCUT2D eigenvalue weighted by molar-refractivity contribution is 7.93. The zero-order valence-corrected chi connectivity index (χ0v) is 24.8. The number of ether oxygens (including phenoxy) is 1. The van der Waals surface area contributed by atoms with E-state index in [1.165, 1.54) is 31.6 Å². The highest BCUT2D eigenvalue weighted by Crippen LogP contribution is 2.32. The van der Waals surface area contributed by atoms with Crippen molar-refractivity contribution >= 4 is 32.8 Å². The Hall–Kier alpha value is -4.14. The van der Waals surface area contributed by atoms with Crippen molar-refractivity contribution in [1.29, 1.82) is 0 Å². The molecule has 14 heteroatoms. The smallest absolute Gasteiger partial charge is 0.237 e. The Morgan fingerprint density at radius 3 is 2.79 bits per heavy atom. The lowest BCUT2D eigenvalue weighted by Crippen LogP contribution is -2.40. The van der Waals surface area contributed by atoms with Crippen LogP contribution in [0.2, 0.25) is 0 Å². The number of fused-ring (bicyclic) bond motifs is 1. The lowest BCUT2D eigenvalue weighted by molar-refractivity contribution is -0.122. The van der Waals surface area contributed by atoms with Crippen LogP contribution in [-0.2, 0) is 14.5 Å². The van der Waals surface area contributed by atoms with Crippen molar-refractivity contribution in [2.24, 2.45) is 4.36 Å². The molecule has 1 amide bonds. The molecular formula is C29H33F2N7O4S. The number of aliphatic hydroxyl groups is 1. The van der Waals surface area contributed by atoms with Gasteiger partial charge in [0, 0.05) is 43.0 Å². The number of benzene rings is 2. The number of anilines is 2. The van der Waals surface area contributed by atoms with Crippen molar-refractivity contribution in [1.82, 2.24) is 25.0 Å². The first-order valence-corrected chi connectivity index (χ1v) is 15.6. The molecule has 1 aliphatic rings. The maximum Gasteiger partial charge on any atom is 0.237 e. The topological polar surface area (TPSA) is 142 Å². The third-order valence-electron chi connectivity index (χ3n) is 7.21. The van der Waals surface area contributed by atoms with Crippen LogP contribution in [0.3, 0.4) is 0 Å². The van der Waals surface area contributed by atoms with Gasteiger partial charge in [0.15, 0.2) is 23.0 Å². The van der Waals surface area contributed by atoms with E-state index >= 15 is 0 Å². The van der Waals surface area contributed by atoms with Crippen molar-refractivity contribution < 1.29 is 27.6 Å². The summed E-state index contributed by atoms with van der Waals surface area (Å²) in [5.41, 5.74) is 2.18. The van der Waals surface area contributed by atoms with Gasteiger partial charge in [-0.25, -0.2) is 22.9 Å². The fourth-order valence-electron chi connectivity index (χ4n) is 5.02. The summed E-state index contributed by atoms with van der Waals surface area (Å²) >= 11 is 0. The van der Waals surface area contributed by atoms with E-state index in [1.54, 1.807) is 29.0 Å². The summed E-state index contributed by atoms with van der Waals surface area (Å²) in [6.45, 7) is 2.94. The number of carbonyl (C=O) groups is 1. The summed E-state index contributed by atoms with van der Waals surface area (Å²) in [5.74, 6) is -2.08. The summed E-state index contributed by atoms with van der Waals surface area (Å²) in [6, 6.07) is 7.73. The normalized spacial score (nSPS) is 17.9. The Morgan fingerprint density at radius 2 is 2.07 bits per heavy atom. The second-order valence-corrected chi connectivity index (χ2v) is 12.6. The minimum atomic E-state index is -2.70. The van der Waals surface area contributed by atoms with E-state index in [0.717, 1.165) is 5.56 Å². The third-order valence-corrected chi connectivity index (χ3v) is 9.16. The van der Waals surface area contributed by atoms with Crippen LogP contribution in [0.1, 0.15) is 18.4 Å². The quantitative estimate of drug-likeness (QED) is 0.200. The van der Waals surface area contributed by atoms with Crippen LogP contribution in [0, 0.1) is 18.6 Å². The van der Waals surface area contributed by atoms with Gasteiger partial charge in [-0.1, -0.05) is 0 Å². The molecule has 0 unspecified atom stereocenters. The maximum absolute atomic E-state index is 14.8. The summed E-state index contributed by atoms with van der Waals surface area (Å²) in [7, 11) is -1.43. The largest absolute Gasteiger partial charge is 0.494 e. The minimum Gasteiger partial charge on any atom is -0.494 e. The van der Waals surface area contributed by atoms with Crippen molar-refractivity contribution in [2.45, 2.75) is 36.8 Å². The van der Waals surface area contributed by atoms with Gasteiger partial charge in [0.05, 0.1) is 52.3 Å². The van der Waals surface area contributed by atoms with Gasteiger partial charge in [0.25, 0.3) is 0 Å². The minimum absolute atomic E-state index is 0.0256. The second-order valence-electron chi connectivity index (χ2n) is 10.3. The van der Waals surface area contributed by atoms with Gasteiger partial charge < -0.3 is 25.8 Å². The Balaban J connectivity index is 1.27. The van der Waals surface area contributed by atoms with E-state index < -0.39 is 33.5 Å². The number of aryl methyl sites for hydroxylation is 1. The lowest BCUT2D eigenvalue weighted by Gasteiger charge is -2.13. The summed E-state index contributed by atoms with van der Waals surface area (Å²) < 4.78 is 53.5. The summed E-state index contributed by atoms with van der Waals surface area (Å²) in [5, 5.41) is 18.5. The fourth-order valence-corrected chi connectivity index (χ4v) is 6.62. The number of hydrogen-bond acceptors (Lipinski definition) is 9. The van der Waals surface area contributed by atoms with Crippen LogP contribution in [0.15, 0.2) is 58.2 Å². The molecule has 1 aliphatic heterocycles. The molecule has 2 aromatic carbocycles. The average molecular weight is 614 g/mol. The molecule has 4 N–H and O–H groups in total. The Labute approximate surface area is 247 Å². The highest BCUT2D eigenvalue weighted by Gasteiger charge is 2.27. The molecule has 0 aliphatic carbocycles. The average Bonchev–Trinajstić information content (AvgIpc) is 3.61. The molecule has 1 fully saturated rings. The van der Waals surface area contributed by atoms with Crippen LogP contribution < -0.4 is 20.7 Å². The zero-order valence-electron chi connectivity index (χ0n) is 23.9. The van der Waals surface area contributed by atoms with Gasteiger partial charge in [0.2, 0.25) is 11.7 Å². The predicted molar refractivity (Wildman–Crippen MR) is 159 cm³/mol. The SMILES string of the molecule is COc1ccc(-c2cnc3c(Nc4ccc([S@](C)(=O)=NCCCNC(=O)[C@@H]5C[C@@H](O)CN5)c(C)c4)nccn23)c(F)c1F. The molecule has 4 aromatic rings. The van der Waals surface area contributed by atoms with Crippen LogP contribution in [0.25, 0.3) is 16.9 Å². The number of halogens is 2. The van der Waals surface area contributed by atoms with E-state index in [2.05, 4.69) is 30.3 Å². The van der Waals surface area contributed by atoms with Crippen molar-refractivity contribution in [3.8, 4) is 17.0 Å². The van der Waals surface area contributed by atoms with Gasteiger partial charge in [-0.15, -0.1) is 0 Å². The molecule has 1 saturated heterocycles. The second kappa shape index (κ2) is 12.6. The van der Waals surface area contributed by atoms with Gasteiger partial charge >= 0.3 is 0 Å². The first-order chi connectivity index (χ1) is 20.6. The van der Waals surface area contributed by atoms with Crippen molar-refractivity contribution in [2.75, 3.05) is 38.3 Å². The number of nitrogens with zero attached hydrogens (tertiary/aromatic N) is 4. The third kappa shape index (κ3) is 6.45. The first-order valence-electron chi connectivity index (χ1n) is 13.7. The molecule has 0 spiro atoms. The van der Waals surface area contributed by atoms with Gasteiger partial charge in [-0.3, -0.25) is 9.20 Å². The number of amides is 1. The molecule has 0 saturated carbocycles. The number of imidazole rings is 1. The van der Waals surface area contributed by atoms with Crippen molar-refractivity contribution in [3.05, 3.63) is 66.1 Å². The van der Waals surface area contributed by atoms with Gasteiger partial charge in [0.1, 0.15) is 0 Å². The molecule has 43 heavy (non-hydrogen) atoms. The Bertz CT molecular complexity index is 1790. The van der Waals surface area contributed by atoms with Crippen LogP contribution in [0.5, 0.6) is 5.75 Å². The number of β-amino-alcohol motifs (C(OH)–C–C–N with tert-alkyl or cyclic N) is 1. The number of hydrogen-bond donors (Lipinski definition) is 4. The first kappa shape index (κ1) is 30.3. The van der Waals surface area contributed by atoms with E-state index in [4.69, 9.17) is 4.74 Å². The van der Waals surface area contributed by atoms with Gasteiger partial charge in [-0.2, -0.15) is 4.39 Å². The van der Waals surface area contributed by atoms with E-state index in [-0.39, 0.29) is 17.2 Å². The predicted octanol–water partition coefficient (Wildman–Crippen LogP) is 3.42. The zero-order chi connectivity index (χ0) is 30.7. The summed E-state index contributed by atoms with van der Waals surface area (Å²) in [6.07, 6.45) is 6.56. The maximum atomic E-state index is 14.8. The molecule has 0 bridgehead atoms. The van der Waals surface area contributed by atoms with Crippen LogP contribution >= 0.6 is 0 Å². The summed E-state index contributed by atoms with van der Waals surface area (Å²) in [4.78, 5) is 21.5. The number of aromatic nitrogens is 3. The van der Waals surface area contributed by atoms with Crippen LogP contribution in [0.4, 0.5) is 20.3 Å². The number of rotatable bonds is 10. The number of nitrogens with one attached hydrogen (secondary N) is 3. The lowest BCUT2D eigenvalue weighted by atomic mass is 10.1. The van der Waals surface area contributed by atoms with E-state index in [1.807, 2.05) is 13.0 Å². The standard InChI is InChI=1S/C29H33F2N7O4S/c1-17-13-18(5-8-24(17)43(3,41)36-10-4-9-33-29(40)21-14-19(39)15-34-21)37-27-28-35-16-22(38(28)12-11-32-27)20-6-7-23(42-2)26(31)25(20)30/h5-8,11-13,16,19,21,34,39H,4,9-10,14-15H2,1-3H3,(H,32,37)(H,33,40)/t19-,21+,43+/m1/s1. The molecule has 5 rings (SSSR count). The molecular weight excluding hydrogens is 580 g/mol. The molecule has 11 nitrogen and oxygen atoms in total. The molecule has 3 atom stereocenters. The highest BCUT2D eigenvalue weighted by atomic mass is 32.2. The van der Waals surface area contributed by atoms with E-state index in [0.29, 0.717) is 60.2 Å². The van der Waals surface area contributed by atoms with Gasteiger partial charge in [-0.05, 0) is 55.7 Å². The molecule has 228 valence electrons. The number of aliphatic hydroxyl groups excluding tert-OH is 1. The van der Waals surface area contributed by atoms with Crippen molar-refractivity contribution in [3.63, 3.8) is 0 Å². The monoisotopic (exact) mass is 613 g/mol. The molecule has 0 radical (unpaired) electrons. The fraction of sp³-hybridized carbons (Fsp3) is 0.345. The molecule has 2 aromatic heterocycles. The Morgan fingerprint density at radius 1 is 1.26 bits per heavy atom. The molecule has 3 heterocycles. The van der Waals surface area contributed by atoms with Crippen LogP contribution in [-0.4, -0.2) is 74.7 Å². The van der Waals surface area contributed by atoms with E-state index in [9.17, 15) is 22.9 Å². The number of methoxy groups -OCH3 is 1. The Kier molecular flexibility index (Phi) is 8.89.